The first-order valence-electron chi connectivity index (χ1n) is 6.23. The van der Waals surface area contributed by atoms with Crippen molar-refractivity contribution in [3.63, 3.8) is 0 Å². The Morgan fingerprint density at radius 2 is 2.00 bits per heavy atom. The lowest BCUT2D eigenvalue weighted by Gasteiger charge is -2.08. The van der Waals surface area contributed by atoms with E-state index < -0.39 is 0 Å². The van der Waals surface area contributed by atoms with Crippen LogP contribution >= 0.6 is 23.2 Å². The summed E-state index contributed by atoms with van der Waals surface area (Å²) in [4.78, 5) is 19.5. The molecular formula is C14H13Cl2N3O2. The minimum Gasteiger partial charge on any atom is -0.482 e. The standard InChI is InChI=1S/C14H13Cl2N3O2/c15-11-1-2-13(12(16)5-11)21-8-14(20)19-4-3-10-6-17-9-18-7-10/h1-2,5-7,9H,3-4,8H2,(H,19,20). The molecule has 21 heavy (non-hydrogen) atoms. The van der Waals surface area contributed by atoms with E-state index in [1.807, 2.05) is 0 Å². The molecule has 0 atom stereocenters. The van der Waals surface area contributed by atoms with Crippen LogP contribution in [0.3, 0.4) is 0 Å². The first kappa shape index (κ1) is 15.5. The summed E-state index contributed by atoms with van der Waals surface area (Å²) in [6.07, 6.45) is 5.55. The Morgan fingerprint density at radius 1 is 1.24 bits per heavy atom. The summed E-state index contributed by atoms with van der Waals surface area (Å²) in [7, 11) is 0. The van der Waals surface area contributed by atoms with Crippen LogP contribution in [0.5, 0.6) is 5.75 Å². The van der Waals surface area contributed by atoms with Crippen LogP contribution in [0.2, 0.25) is 10.0 Å². The second kappa shape index (κ2) is 7.81. The average Bonchev–Trinajstić information content (AvgIpc) is 2.47. The van der Waals surface area contributed by atoms with E-state index in [1.165, 1.54) is 6.33 Å². The molecule has 0 unspecified atom stereocenters. The zero-order valence-electron chi connectivity index (χ0n) is 11.1. The van der Waals surface area contributed by atoms with Crippen molar-refractivity contribution in [1.29, 1.82) is 0 Å². The van der Waals surface area contributed by atoms with E-state index in [-0.39, 0.29) is 12.5 Å². The molecule has 110 valence electrons. The van der Waals surface area contributed by atoms with Crippen LogP contribution < -0.4 is 10.1 Å². The third-order valence-corrected chi connectivity index (χ3v) is 3.13. The highest BCUT2D eigenvalue weighted by molar-refractivity contribution is 6.35. The van der Waals surface area contributed by atoms with E-state index in [0.717, 1.165) is 5.56 Å². The Bertz CT molecular complexity index is 608. The number of nitrogens with one attached hydrogen (secondary N) is 1. The third-order valence-electron chi connectivity index (χ3n) is 2.60. The molecule has 1 heterocycles. The molecule has 2 aromatic rings. The lowest BCUT2D eigenvalue weighted by molar-refractivity contribution is -0.123. The van der Waals surface area contributed by atoms with Gasteiger partial charge in [0.05, 0.1) is 5.02 Å². The van der Waals surface area contributed by atoms with Gasteiger partial charge >= 0.3 is 0 Å². The molecule has 0 bridgehead atoms. The molecule has 0 saturated carbocycles. The van der Waals surface area contributed by atoms with Gasteiger partial charge in [-0.1, -0.05) is 23.2 Å². The number of aromatic nitrogens is 2. The molecule has 0 aliphatic carbocycles. The number of nitrogens with zero attached hydrogens (tertiary/aromatic N) is 2. The van der Waals surface area contributed by atoms with Gasteiger partial charge in [-0.05, 0) is 30.2 Å². The van der Waals surface area contributed by atoms with Gasteiger partial charge < -0.3 is 10.1 Å². The van der Waals surface area contributed by atoms with Crippen molar-refractivity contribution in [2.75, 3.05) is 13.2 Å². The molecule has 0 fully saturated rings. The Labute approximate surface area is 132 Å². The maximum absolute atomic E-state index is 11.6. The molecule has 1 aromatic carbocycles. The van der Waals surface area contributed by atoms with Gasteiger partial charge in [0.15, 0.2) is 6.61 Å². The molecule has 0 saturated heterocycles. The Kier molecular flexibility index (Phi) is 5.78. The van der Waals surface area contributed by atoms with Gasteiger partial charge in [0.2, 0.25) is 0 Å². The summed E-state index contributed by atoms with van der Waals surface area (Å²) in [6.45, 7) is 0.385. The minimum atomic E-state index is -0.224. The van der Waals surface area contributed by atoms with E-state index in [0.29, 0.717) is 28.8 Å². The van der Waals surface area contributed by atoms with Gasteiger partial charge in [-0.15, -0.1) is 0 Å². The monoisotopic (exact) mass is 325 g/mol. The highest BCUT2D eigenvalue weighted by Crippen LogP contribution is 2.27. The summed E-state index contributed by atoms with van der Waals surface area (Å²) in [6, 6.07) is 4.83. The van der Waals surface area contributed by atoms with Crippen molar-refractivity contribution in [3.8, 4) is 5.75 Å². The predicted octanol–water partition coefficient (Wildman–Crippen LogP) is 2.52. The van der Waals surface area contributed by atoms with Crippen LogP contribution in [0.1, 0.15) is 5.56 Å². The zero-order chi connectivity index (χ0) is 15.1. The number of halogens is 2. The van der Waals surface area contributed by atoms with E-state index >= 15 is 0 Å². The Morgan fingerprint density at radius 3 is 2.71 bits per heavy atom. The first-order chi connectivity index (χ1) is 10.1. The summed E-state index contributed by atoms with van der Waals surface area (Å²) in [5.74, 6) is 0.200. The summed E-state index contributed by atoms with van der Waals surface area (Å²) >= 11 is 11.7. The Hall–Kier alpha value is -1.85. The number of benzene rings is 1. The number of hydrogen-bond acceptors (Lipinski definition) is 4. The Balaban J connectivity index is 1.72. The molecular weight excluding hydrogens is 313 g/mol. The topological polar surface area (TPSA) is 64.1 Å². The maximum Gasteiger partial charge on any atom is 0.257 e. The van der Waals surface area contributed by atoms with E-state index in [4.69, 9.17) is 27.9 Å². The molecule has 0 spiro atoms. The van der Waals surface area contributed by atoms with E-state index in [1.54, 1.807) is 30.6 Å². The first-order valence-corrected chi connectivity index (χ1v) is 6.99. The molecule has 0 radical (unpaired) electrons. The molecule has 1 aromatic heterocycles. The zero-order valence-corrected chi connectivity index (χ0v) is 12.6. The molecule has 0 aliphatic rings. The molecule has 5 nitrogen and oxygen atoms in total. The van der Waals surface area contributed by atoms with Gasteiger partial charge in [-0.3, -0.25) is 4.79 Å². The fraction of sp³-hybridized carbons (Fsp3) is 0.214. The number of amides is 1. The number of carbonyl (C=O) groups excluding carboxylic acids is 1. The largest absolute Gasteiger partial charge is 0.482 e. The van der Waals surface area contributed by atoms with E-state index in [9.17, 15) is 4.79 Å². The molecule has 1 amide bonds. The van der Waals surface area contributed by atoms with Gasteiger partial charge in [-0.25, -0.2) is 9.97 Å². The molecule has 7 heteroatoms. The predicted molar refractivity (Wildman–Crippen MR) is 80.7 cm³/mol. The second-order valence-corrected chi connectivity index (χ2v) is 5.05. The maximum atomic E-state index is 11.6. The quantitative estimate of drug-likeness (QED) is 0.886. The second-order valence-electron chi connectivity index (χ2n) is 4.21. The van der Waals surface area contributed by atoms with Crippen LogP contribution in [0.4, 0.5) is 0 Å². The fourth-order valence-corrected chi connectivity index (χ4v) is 2.05. The number of hydrogen-bond donors (Lipinski definition) is 1. The van der Waals surface area contributed by atoms with Crippen LogP contribution in [0, 0.1) is 0 Å². The fourth-order valence-electron chi connectivity index (χ4n) is 1.59. The number of rotatable bonds is 6. The van der Waals surface area contributed by atoms with Crippen LogP contribution in [0.15, 0.2) is 36.9 Å². The highest BCUT2D eigenvalue weighted by Gasteiger charge is 2.06. The van der Waals surface area contributed by atoms with Crippen molar-refractivity contribution in [3.05, 3.63) is 52.5 Å². The van der Waals surface area contributed by atoms with Gasteiger partial charge in [0.1, 0.15) is 12.1 Å². The summed E-state index contributed by atoms with van der Waals surface area (Å²) < 4.78 is 5.33. The summed E-state index contributed by atoms with van der Waals surface area (Å²) in [5.41, 5.74) is 0.958. The highest BCUT2D eigenvalue weighted by atomic mass is 35.5. The van der Waals surface area contributed by atoms with Gasteiger partial charge in [0, 0.05) is 24.0 Å². The van der Waals surface area contributed by atoms with Crippen LogP contribution in [0.25, 0.3) is 0 Å². The molecule has 2 rings (SSSR count). The minimum absolute atomic E-state index is 0.105. The van der Waals surface area contributed by atoms with E-state index in [2.05, 4.69) is 15.3 Å². The number of ether oxygens (including phenoxy) is 1. The van der Waals surface area contributed by atoms with Gasteiger partial charge in [0.25, 0.3) is 5.91 Å². The lowest BCUT2D eigenvalue weighted by Crippen LogP contribution is -2.30. The summed E-state index contributed by atoms with van der Waals surface area (Å²) in [5, 5.41) is 3.63. The van der Waals surface area contributed by atoms with Crippen molar-refractivity contribution >= 4 is 29.1 Å². The lowest BCUT2D eigenvalue weighted by atomic mass is 10.2. The number of carbonyl (C=O) groups is 1. The molecule has 0 aliphatic heterocycles. The smallest absolute Gasteiger partial charge is 0.257 e. The SMILES string of the molecule is O=C(COc1ccc(Cl)cc1Cl)NCCc1cncnc1. The van der Waals surface area contributed by atoms with Crippen molar-refractivity contribution in [1.82, 2.24) is 15.3 Å². The normalized spacial score (nSPS) is 10.2. The van der Waals surface area contributed by atoms with Crippen molar-refractivity contribution in [2.24, 2.45) is 0 Å². The van der Waals surface area contributed by atoms with Crippen LogP contribution in [-0.2, 0) is 11.2 Å². The third kappa shape index (κ3) is 5.21. The van der Waals surface area contributed by atoms with Crippen molar-refractivity contribution in [2.45, 2.75) is 6.42 Å². The van der Waals surface area contributed by atoms with Crippen LogP contribution in [-0.4, -0.2) is 29.0 Å². The van der Waals surface area contributed by atoms with Crippen molar-refractivity contribution < 1.29 is 9.53 Å². The molecule has 1 N–H and O–H groups in total. The average molecular weight is 326 g/mol. The van der Waals surface area contributed by atoms with Gasteiger partial charge in [-0.2, -0.15) is 0 Å².